The highest BCUT2D eigenvalue weighted by Gasteiger charge is 2.15. The number of carbonyl (C=O) groups excluding carboxylic acids is 1. The summed E-state index contributed by atoms with van der Waals surface area (Å²) in [6.45, 7) is 3.59. The molecule has 3 aromatic rings. The maximum absolute atomic E-state index is 12.6. The number of nitrogens with one attached hydrogen (secondary N) is 2. The Hall–Kier alpha value is -3.03. The Morgan fingerprint density at radius 1 is 1.00 bits per heavy atom. The van der Waals surface area contributed by atoms with E-state index in [1.165, 1.54) is 24.3 Å². The molecule has 156 valence electrons. The predicted molar refractivity (Wildman–Crippen MR) is 119 cm³/mol. The van der Waals surface area contributed by atoms with Crippen molar-refractivity contribution in [2.75, 3.05) is 16.6 Å². The number of ether oxygens (including phenoxy) is 1. The van der Waals surface area contributed by atoms with Gasteiger partial charge in [0.2, 0.25) is 0 Å². The van der Waals surface area contributed by atoms with Crippen molar-refractivity contribution in [1.82, 2.24) is 0 Å². The number of hydrogen-bond donors (Lipinski definition) is 2. The topological polar surface area (TPSA) is 84.5 Å². The van der Waals surface area contributed by atoms with Gasteiger partial charge in [0.05, 0.1) is 10.6 Å². The highest BCUT2D eigenvalue weighted by atomic mass is 35.5. The van der Waals surface area contributed by atoms with E-state index in [4.69, 9.17) is 16.3 Å². The fraction of sp³-hybridized carbons (Fsp3) is 0.136. The maximum Gasteiger partial charge on any atom is 0.262 e. The molecular formula is C22H21ClN2O4S. The summed E-state index contributed by atoms with van der Waals surface area (Å²) in [5.41, 5.74) is 2.87. The van der Waals surface area contributed by atoms with Gasteiger partial charge in [0, 0.05) is 10.7 Å². The first kappa shape index (κ1) is 21.7. The van der Waals surface area contributed by atoms with Gasteiger partial charge in [0.15, 0.2) is 6.61 Å². The fourth-order valence-corrected chi connectivity index (χ4v) is 4.06. The SMILES string of the molecule is Cc1ccc(NS(=O)(=O)c2ccc(NC(=O)COc3cccc(Cl)c3)cc2)c(C)c1. The molecule has 0 fully saturated rings. The third-order valence-corrected chi connectivity index (χ3v) is 5.86. The third kappa shape index (κ3) is 5.75. The molecule has 3 aromatic carbocycles. The summed E-state index contributed by atoms with van der Waals surface area (Å²) in [4.78, 5) is 12.2. The van der Waals surface area contributed by atoms with Gasteiger partial charge in [0.25, 0.3) is 15.9 Å². The van der Waals surface area contributed by atoms with Crippen molar-refractivity contribution < 1.29 is 17.9 Å². The van der Waals surface area contributed by atoms with Crippen LogP contribution < -0.4 is 14.8 Å². The molecule has 0 aliphatic heterocycles. The summed E-state index contributed by atoms with van der Waals surface area (Å²) >= 11 is 5.87. The van der Waals surface area contributed by atoms with Crippen molar-refractivity contribution >= 4 is 38.9 Å². The van der Waals surface area contributed by atoms with Crippen LogP contribution in [0.1, 0.15) is 11.1 Å². The second kappa shape index (κ2) is 9.19. The molecular weight excluding hydrogens is 424 g/mol. The Bertz CT molecular complexity index is 1160. The van der Waals surface area contributed by atoms with Crippen LogP contribution in [-0.4, -0.2) is 20.9 Å². The summed E-state index contributed by atoms with van der Waals surface area (Å²) < 4.78 is 33.2. The summed E-state index contributed by atoms with van der Waals surface area (Å²) in [6, 6.07) is 18.1. The Kier molecular flexibility index (Phi) is 6.64. The first-order valence-corrected chi connectivity index (χ1v) is 11.0. The van der Waals surface area contributed by atoms with Gasteiger partial charge in [-0.25, -0.2) is 8.42 Å². The van der Waals surface area contributed by atoms with Crippen molar-refractivity contribution in [3.63, 3.8) is 0 Å². The number of benzene rings is 3. The average molecular weight is 445 g/mol. The van der Waals surface area contributed by atoms with Gasteiger partial charge in [-0.2, -0.15) is 0 Å². The monoisotopic (exact) mass is 444 g/mol. The molecule has 1 amide bonds. The predicted octanol–water partition coefficient (Wildman–Crippen LogP) is 4.78. The van der Waals surface area contributed by atoms with Crippen LogP contribution in [0.4, 0.5) is 11.4 Å². The summed E-state index contributed by atoms with van der Waals surface area (Å²) in [5, 5.41) is 3.17. The second-order valence-corrected chi connectivity index (χ2v) is 8.86. The molecule has 2 N–H and O–H groups in total. The first-order chi connectivity index (χ1) is 14.2. The number of amides is 1. The Morgan fingerprint density at radius 3 is 2.40 bits per heavy atom. The number of aryl methyl sites for hydroxylation is 2. The highest BCUT2D eigenvalue weighted by Crippen LogP contribution is 2.22. The summed E-state index contributed by atoms with van der Waals surface area (Å²) in [7, 11) is -3.74. The quantitative estimate of drug-likeness (QED) is 0.549. The molecule has 0 radical (unpaired) electrons. The maximum atomic E-state index is 12.6. The van der Waals surface area contributed by atoms with Crippen LogP contribution in [0.3, 0.4) is 0 Å². The molecule has 0 unspecified atom stereocenters. The Labute approximate surface area is 180 Å². The number of hydrogen-bond acceptors (Lipinski definition) is 4. The van der Waals surface area contributed by atoms with Crippen molar-refractivity contribution in [2.45, 2.75) is 18.7 Å². The molecule has 30 heavy (non-hydrogen) atoms. The van der Waals surface area contributed by atoms with Crippen molar-refractivity contribution in [1.29, 1.82) is 0 Å². The van der Waals surface area contributed by atoms with Crippen LogP contribution in [0, 0.1) is 13.8 Å². The van der Waals surface area contributed by atoms with E-state index in [0.717, 1.165) is 11.1 Å². The number of halogens is 1. The minimum Gasteiger partial charge on any atom is -0.484 e. The van der Waals surface area contributed by atoms with E-state index >= 15 is 0 Å². The van der Waals surface area contributed by atoms with Gasteiger partial charge in [-0.05, 0) is 67.9 Å². The van der Waals surface area contributed by atoms with Gasteiger partial charge in [0.1, 0.15) is 5.75 Å². The van der Waals surface area contributed by atoms with Gasteiger partial charge in [-0.3, -0.25) is 9.52 Å². The average Bonchev–Trinajstić information content (AvgIpc) is 2.69. The molecule has 0 atom stereocenters. The van der Waals surface area contributed by atoms with E-state index in [-0.39, 0.29) is 17.4 Å². The lowest BCUT2D eigenvalue weighted by Crippen LogP contribution is -2.20. The Balaban J connectivity index is 1.61. The zero-order valence-electron chi connectivity index (χ0n) is 16.5. The molecule has 0 aliphatic rings. The molecule has 8 heteroatoms. The minimum atomic E-state index is -3.74. The minimum absolute atomic E-state index is 0.0932. The molecule has 0 saturated heterocycles. The number of sulfonamides is 1. The lowest BCUT2D eigenvalue weighted by molar-refractivity contribution is -0.118. The van der Waals surface area contributed by atoms with E-state index < -0.39 is 10.0 Å². The zero-order valence-corrected chi connectivity index (χ0v) is 18.0. The molecule has 0 aromatic heterocycles. The van der Waals surface area contributed by atoms with E-state index in [1.807, 2.05) is 26.0 Å². The molecule has 0 bridgehead atoms. The van der Waals surface area contributed by atoms with Gasteiger partial charge in [-0.15, -0.1) is 0 Å². The fourth-order valence-electron chi connectivity index (χ4n) is 2.75. The third-order valence-electron chi connectivity index (χ3n) is 4.24. The van der Waals surface area contributed by atoms with Gasteiger partial charge >= 0.3 is 0 Å². The molecule has 6 nitrogen and oxygen atoms in total. The molecule has 0 saturated carbocycles. The molecule has 0 heterocycles. The van der Waals surface area contributed by atoms with E-state index in [0.29, 0.717) is 22.1 Å². The van der Waals surface area contributed by atoms with Crippen LogP contribution in [-0.2, 0) is 14.8 Å². The lowest BCUT2D eigenvalue weighted by Gasteiger charge is -2.12. The van der Waals surface area contributed by atoms with E-state index in [2.05, 4.69) is 10.0 Å². The van der Waals surface area contributed by atoms with Crippen LogP contribution >= 0.6 is 11.6 Å². The lowest BCUT2D eigenvalue weighted by atomic mass is 10.1. The number of anilines is 2. The summed E-state index contributed by atoms with van der Waals surface area (Å²) in [6.07, 6.45) is 0. The second-order valence-electron chi connectivity index (χ2n) is 6.74. The van der Waals surface area contributed by atoms with E-state index in [9.17, 15) is 13.2 Å². The number of carbonyl (C=O) groups is 1. The van der Waals surface area contributed by atoms with E-state index in [1.54, 1.807) is 30.3 Å². The van der Waals surface area contributed by atoms with Gasteiger partial charge < -0.3 is 10.1 Å². The van der Waals surface area contributed by atoms with Crippen LogP contribution in [0.25, 0.3) is 0 Å². The molecule has 0 spiro atoms. The Morgan fingerprint density at radius 2 is 1.73 bits per heavy atom. The largest absolute Gasteiger partial charge is 0.484 e. The van der Waals surface area contributed by atoms with Crippen molar-refractivity contribution in [2.24, 2.45) is 0 Å². The standard InChI is InChI=1S/C22H21ClN2O4S/c1-15-6-11-21(16(2)12-15)25-30(27,28)20-9-7-18(8-10-20)24-22(26)14-29-19-5-3-4-17(23)13-19/h3-13,25H,14H2,1-2H3,(H,24,26). The zero-order chi connectivity index (χ0) is 21.7. The van der Waals surface area contributed by atoms with Crippen LogP contribution in [0.5, 0.6) is 5.75 Å². The van der Waals surface area contributed by atoms with Crippen LogP contribution in [0.15, 0.2) is 71.6 Å². The van der Waals surface area contributed by atoms with Crippen molar-refractivity contribution in [3.05, 3.63) is 82.9 Å². The van der Waals surface area contributed by atoms with Crippen LogP contribution in [0.2, 0.25) is 5.02 Å². The highest BCUT2D eigenvalue weighted by molar-refractivity contribution is 7.92. The molecule has 0 aliphatic carbocycles. The first-order valence-electron chi connectivity index (χ1n) is 9.11. The van der Waals surface area contributed by atoms with Crippen molar-refractivity contribution in [3.8, 4) is 5.75 Å². The summed E-state index contributed by atoms with van der Waals surface area (Å²) in [5.74, 6) is 0.107. The number of rotatable bonds is 7. The smallest absolute Gasteiger partial charge is 0.262 e. The molecule has 3 rings (SSSR count). The van der Waals surface area contributed by atoms with Gasteiger partial charge in [-0.1, -0.05) is 35.4 Å². The normalized spacial score (nSPS) is 11.0.